The number of benzene rings is 6. The highest BCUT2D eigenvalue weighted by Crippen LogP contribution is 2.37. The Morgan fingerprint density at radius 3 is 1.25 bits per heavy atom. The second-order valence-corrected chi connectivity index (χ2v) is 21.0. The van der Waals surface area contributed by atoms with Gasteiger partial charge in [0.1, 0.15) is 0 Å². The summed E-state index contributed by atoms with van der Waals surface area (Å²) in [6.07, 6.45) is 21.7. The van der Waals surface area contributed by atoms with E-state index >= 15 is 0 Å². The number of nitrogens with zero attached hydrogens (tertiary/aromatic N) is 2. The highest BCUT2D eigenvalue weighted by Gasteiger charge is 2.51. The van der Waals surface area contributed by atoms with Crippen LogP contribution >= 0.6 is 15.9 Å². The second-order valence-electron chi connectivity index (χ2n) is 20.1. The zero-order chi connectivity index (χ0) is 50.3. The van der Waals surface area contributed by atoms with Gasteiger partial charge in [0.2, 0.25) is 0 Å². The molecule has 0 radical (unpaired) electrons. The largest absolute Gasteiger partial charge is 0.494 e. The molecule has 0 amide bonds. The Hall–Kier alpha value is -5.92. The number of hydrogen-bond donors (Lipinski definition) is 0. The fourth-order valence-electron chi connectivity index (χ4n) is 9.01. The molecule has 4 nitrogen and oxygen atoms in total. The van der Waals surface area contributed by atoms with E-state index in [1.165, 1.54) is 127 Å². The number of unbranched alkanes of at least 4 members (excludes halogenated alkanes) is 8. The van der Waals surface area contributed by atoms with E-state index in [9.17, 15) is 0 Å². The Morgan fingerprint density at radius 2 is 0.753 bits per heavy atom. The molecule has 2 aromatic heterocycles. The minimum atomic E-state index is -0.335. The van der Waals surface area contributed by atoms with Gasteiger partial charge in [0.05, 0.1) is 22.6 Å². The molecule has 0 bridgehead atoms. The van der Waals surface area contributed by atoms with E-state index in [1.807, 2.05) is 48.7 Å². The summed E-state index contributed by atoms with van der Waals surface area (Å²) in [5.74, 6) is 0. The van der Waals surface area contributed by atoms with E-state index in [0.717, 1.165) is 28.8 Å². The van der Waals surface area contributed by atoms with Crippen LogP contribution in [0.15, 0.2) is 211 Å². The fraction of sp³-hybridized carbons (Fsp3) is 0.313. The average Bonchev–Trinajstić information content (AvgIpc) is 3.65. The van der Waals surface area contributed by atoms with Crippen molar-refractivity contribution in [3.8, 4) is 33.6 Å². The molecular weight excluding hydrogens is 955 g/mol. The van der Waals surface area contributed by atoms with E-state index in [0.29, 0.717) is 0 Å². The van der Waals surface area contributed by atoms with Crippen LogP contribution in [0.2, 0.25) is 0 Å². The molecule has 0 aliphatic carbocycles. The molecule has 1 aliphatic heterocycles. The van der Waals surface area contributed by atoms with Gasteiger partial charge >= 0.3 is 7.12 Å². The molecule has 0 saturated carbocycles. The summed E-state index contributed by atoms with van der Waals surface area (Å²) in [7, 11) is -0.335. The Bertz CT molecular complexity index is 2770. The van der Waals surface area contributed by atoms with Crippen LogP contribution in [0.5, 0.6) is 0 Å². The first-order chi connectivity index (χ1) is 35.1. The molecule has 1 fully saturated rings. The van der Waals surface area contributed by atoms with Crippen LogP contribution in [0.4, 0.5) is 0 Å². The highest BCUT2D eigenvalue weighted by molar-refractivity contribution is 9.10. The van der Waals surface area contributed by atoms with Gasteiger partial charge in [0.25, 0.3) is 0 Å². The first kappa shape index (κ1) is 56.4. The van der Waals surface area contributed by atoms with Crippen molar-refractivity contribution < 1.29 is 9.31 Å². The molecule has 1 saturated heterocycles. The lowest BCUT2D eigenvalue weighted by atomic mass is 9.78. The number of halogens is 1. The second kappa shape index (κ2) is 29.7. The summed E-state index contributed by atoms with van der Waals surface area (Å²) in [5.41, 5.74) is 13.0. The number of aromatic nitrogens is 2. The summed E-state index contributed by atoms with van der Waals surface area (Å²) in [6.45, 7) is 8.26. The van der Waals surface area contributed by atoms with Gasteiger partial charge in [-0.3, -0.25) is 9.97 Å². The molecule has 0 atom stereocenters. The molecule has 378 valence electrons. The fourth-order valence-corrected chi connectivity index (χ4v) is 9.46. The van der Waals surface area contributed by atoms with Gasteiger partial charge < -0.3 is 9.31 Å². The van der Waals surface area contributed by atoms with Crippen molar-refractivity contribution in [2.45, 2.75) is 136 Å². The molecule has 6 heteroatoms. The van der Waals surface area contributed by atoms with E-state index in [4.69, 9.17) is 9.31 Å². The van der Waals surface area contributed by atoms with Gasteiger partial charge in [0.15, 0.2) is 0 Å². The number of pyridine rings is 2. The van der Waals surface area contributed by atoms with Gasteiger partial charge in [-0.15, -0.1) is 0 Å². The molecular formula is C67H78BBrN2O2. The maximum Gasteiger partial charge on any atom is 0.494 e. The Balaban J connectivity index is 0.000000184. The van der Waals surface area contributed by atoms with Crippen LogP contribution in [-0.2, 0) is 35.0 Å². The van der Waals surface area contributed by atoms with Crippen LogP contribution in [0.3, 0.4) is 0 Å². The van der Waals surface area contributed by atoms with Crippen molar-refractivity contribution >= 4 is 28.5 Å². The van der Waals surface area contributed by atoms with Gasteiger partial charge in [-0.25, -0.2) is 0 Å². The van der Waals surface area contributed by atoms with Gasteiger partial charge in [-0.2, -0.15) is 0 Å². The monoisotopic (exact) mass is 1030 g/mol. The summed E-state index contributed by atoms with van der Waals surface area (Å²) in [4.78, 5) is 8.88. The van der Waals surface area contributed by atoms with Gasteiger partial charge in [-0.1, -0.05) is 214 Å². The molecule has 0 spiro atoms. The van der Waals surface area contributed by atoms with E-state index < -0.39 is 0 Å². The summed E-state index contributed by atoms with van der Waals surface area (Å²) >= 11 is 3.53. The number of aryl methyl sites for hydroxylation is 4. The quantitative estimate of drug-likeness (QED) is 0.0564. The zero-order valence-corrected chi connectivity index (χ0v) is 44.8. The van der Waals surface area contributed by atoms with Crippen molar-refractivity contribution in [3.05, 3.63) is 233 Å². The van der Waals surface area contributed by atoms with Gasteiger partial charge in [-0.05, 0) is 166 Å². The maximum absolute atomic E-state index is 6.10. The van der Waals surface area contributed by atoms with Gasteiger partial charge in [0, 0.05) is 22.4 Å². The van der Waals surface area contributed by atoms with Crippen LogP contribution in [0.25, 0.3) is 33.6 Å². The minimum Gasteiger partial charge on any atom is -0.399 e. The molecule has 6 aromatic carbocycles. The van der Waals surface area contributed by atoms with E-state index in [-0.39, 0.29) is 25.7 Å². The van der Waals surface area contributed by atoms with E-state index in [1.54, 1.807) is 6.20 Å². The summed E-state index contributed by atoms with van der Waals surface area (Å²) in [5, 5.41) is 0. The lowest BCUT2D eigenvalue weighted by Gasteiger charge is -2.32. The Labute approximate surface area is 448 Å². The number of hydrogen-bond acceptors (Lipinski definition) is 4. The standard InChI is InChI=1S/C30H31N.C19H23Br.C17H20BNO2.CH4/c1(2-5-13-25-14-7-4-8-15-25)3-6-16-26-17-11-18-27(23-26)28-19-12-20-29(24-28)30-21-9-10-22-31-30;20-19-15-9-14-18(16-19)13-6-3-1-2-5-10-17-11-7-4-8-12-17;1-16(2)17(3,4)21-18(20-16)14-9-7-8-13(12-14)15-10-5-6-11-19-15;/h4,7-12,14-15,17-24H,1-3,5-6,13,16H2;4,7-9,11-12,14-16H,1-3,5-6,10,13H2;5-12H,1-4H3;1H4. The van der Waals surface area contributed by atoms with Crippen molar-refractivity contribution in [2.24, 2.45) is 0 Å². The van der Waals surface area contributed by atoms with Crippen molar-refractivity contribution in [2.75, 3.05) is 0 Å². The average molecular weight is 1030 g/mol. The Kier molecular flexibility index (Phi) is 22.9. The molecule has 3 heterocycles. The molecule has 8 aromatic rings. The lowest BCUT2D eigenvalue weighted by molar-refractivity contribution is 0.00578. The Morgan fingerprint density at radius 1 is 0.370 bits per heavy atom. The van der Waals surface area contributed by atoms with Crippen LogP contribution in [0.1, 0.15) is 122 Å². The van der Waals surface area contributed by atoms with Crippen LogP contribution < -0.4 is 5.46 Å². The molecule has 73 heavy (non-hydrogen) atoms. The smallest absolute Gasteiger partial charge is 0.399 e. The molecule has 9 rings (SSSR count). The SMILES string of the molecule is Brc1cccc(CCCCCCCc2ccccc2)c1.C.CC1(C)OB(c2cccc(-c3ccccn3)c2)OC1(C)C.c1ccc(CCCCCCCc2cccc(-c3cccc(-c4ccccn4)c3)c2)cc1. The van der Waals surface area contributed by atoms with Crippen LogP contribution in [0, 0.1) is 0 Å². The summed E-state index contributed by atoms with van der Waals surface area (Å²) < 4.78 is 13.4. The minimum absolute atomic E-state index is 0. The van der Waals surface area contributed by atoms with Crippen molar-refractivity contribution in [1.29, 1.82) is 0 Å². The topological polar surface area (TPSA) is 44.2 Å². The zero-order valence-electron chi connectivity index (χ0n) is 43.2. The van der Waals surface area contributed by atoms with Crippen LogP contribution in [-0.4, -0.2) is 28.3 Å². The predicted molar refractivity (Wildman–Crippen MR) is 315 cm³/mol. The first-order valence-corrected chi connectivity index (χ1v) is 27.2. The van der Waals surface area contributed by atoms with E-state index in [2.05, 4.69) is 205 Å². The van der Waals surface area contributed by atoms with Crippen molar-refractivity contribution in [3.63, 3.8) is 0 Å². The molecule has 1 aliphatic rings. The third-order valence-corrected chi connectivity index (χ3v) is 14.4. The molecule has 0 unspecified atom stereocenters. The summed E-state index contributed by atoms with van der Waals surface area (Å²) in [6, 6.07) is 68.2. The highest BCUT2D eigenvalue weighted by atomic mass is 79.9. The third kappa shape index (κ3) is 18.5. The third-order valence-electron chi connectivity index (χ3n) is 13.9. The first-order valence-electron chi connectivity index (χ1n) is 26.4. The lowest BCUT2D eigenvalue weighted by Crippen LogP contribution is -2.41. The predicted octanol–water partition coefficient (Wildman–Crippen LogP) is 18.0. The number of rotatable bonds is 20. The maximum atomic E-state index is 6.10. The normalized spacial score (nSPS) is 13.2. The van der Waals surface area contributed by atoms with Crippen molar-refractivity contribution in [1.82, 2.24) is 9.97 Å². The molecule has 0 N–H and O–H groups in total.